The zero-order chi connectivity index (χ0) is 12.5. The Kier molecular flexibility index (Phi) is 3.88. The molecule has 1 aliphatic carbocycles. The van der Waals surface area contributed by atoms with Crippen molar-refractivity contribution in [2.45, 2.75) is 45.6 Å². The molecule has 1 saturated heterocycles. The summed E-state index contributed by atoms with van der Waals surface area (Å²) in [6.45, 7) is 6.82. The summed E-state index contributed by atoms with van der Waals surface area (Å²) in [5.41, 5.74) is -0.101. The molecule has 2 atom stereocenters. The van der Waals surface area contributed by atoms with Crippen LogP contribution >= 0.6 is 0 Å². The second-order valence-corrected chi connectivity index (χ2v) is 6.29. The van der Waals surface area contributed by atoms with Crippen LogP contribution in [-0.4, -0.2) is 43.5 Å². The molecule has 3 heteroatoms. The Bertz CT molecular complexity index is 282. The van der Waals surface area contributed by atoms with Crippen LogP contribution in [0.15, 0.2) is 0 Å². The van der Waals surface area contributed by atoms with Gasteiger partial charge >= 0.3 is 0 Å². The first-order valence-electron chi connectivity index (χ1n) is 6.83. The predicted octanol–water partition coefficient (Wildman–Crippen LogP) is 2.10. The zero-order valence-corrected chi connectivity index (χ0v) is 11.4. The Balaban J connectivity index is 1.91. The van der Waals surface area contributed by atoms with Gasteiger partial charge in [0.1, 0.15) is 5.78 Å². The van der Waals surface area contributed by atoms with Gasteiger partial charge in [-0.05, 0) is 26.3 Å². The maximum Gasteiger partial charge on any atom is 0.142 e. The van der Waals surface area contributed by atoms with Crippen LogP contribution in [0.2, 0.25) is 0 Å². The molecule has 3 nitrogen and oxygen atoms in total. The largest absolute Gasteiger partial charge is 0.380 e. The lowest BCUT2D eigenvalue weighted by molar-refractivity contribution is -0.135. The third kappa shape index (κ3) is 2.89. The van der Waals surface area contributed by atoms with Crippen molar-refractivity contribution in [2.75, 3.05) is 26.8 Å². The van der Waals surface area contributed by atoms with Crippen LogP contribution in [0.1, 0.15) is 39.5 Å². The van der Waals surface area contributed by atoms with Crippen molar-refractivity contribution in [2.24, 2.45) is 11.3 Å². The van der Waals surface area contributed by atoms with Crippen LogP contribution in [0.4, 0.5) is 0 Å². The first kappa shape index (κ1) is 13.0. The van der Waals surface area contributed by atoms with Gasteiger partial charge in [-0.3, -0.25) is 4.79 Å². The fraction of sp³-hybridized carbons (Fsp3) is 0.929. The quantitative estimate of drug-likeness (QED) is 0.755. The van der Waals surface area contributed by atoms with Crippen LogP contribution in [0.5, 0.6) is 0 Å². The molecule has 1 heterocycles. The number of ketones is 1. The van der Waals surface area contributed by atoms with Gasteiger partial charge in [-0.15, -0.1) is 0 Å². The predicted molar refractivity (Wildman–Crippen MR) is 68.0 cm³/mol. The van der Waals surface area contributed by atoms with Gasteiger partial charge in [0, 0.05) is 30.5 Å². The number of ether oxygens (including phenoxy) is 1. The molecule has 98 valence electrons. The molecule has 2 unspecified atom stereocenters. The van der Waals surface area contributed by atoms with Crippen molar-refractivity contribution in [3.8, 4) is 0 Å². The Morgan fingerprint density at radius 1 is 1.41 bits per heavy atom. The Labute approximate surface area is 105 Å². The summed E-state index contributed by atoms with van der Waals surface area (Å²) in [6.07, 6.45) is 4.43. The van der Waals surface area contributed by atoms with Crippen LogP contribution < -0.4 is 0 Å². The molecule has 0 bridgehead atoms. The van der Waals surface area contributed by atoms with Gasteiger partial charge in [-0.25, -0.2) is 0 Å². The lowest BCUT2D eigenvalue weighted by Gasteiger charge is -2.36. The van der Waals surface area contributed by atoms with E-state index < -0.39 is 0 Å². The van der Waals surface area contributed by atoms with E-state index in [1.807, 2.05) is 0 Å². The van der Waals surface area contributed by atoms with Crippen molar-refractivity contribution >= 4 is 5.78 Å². The molecule has 2 fully saturated rings. The summed E-state index contributed by atoms with van der Waals surface area (Å²) >= 11 is 0. The molecule has 0 spiro atoms. The smallest absolute Gasteiger partial charge is 0.142 e. The molecule has 2 rings (SSSR count). The molecule has 0 aromatic heterocycles. The second kappa shape index (κ2) is 5.07. The van der Waals surface area contributed by atoms with E-state index in [-0.39, 0.29) is 11.3 Å². The summed E-state index contributed by atoms with van der Waals surface area (Å²) < 4.78 is 5.41. The average Bonchev–Trinajstić information content (AvgIpc) is 2.78. The Morgan fingerprint density at radius 3 is 2.82 bits per heavy atom. The number of hydrogen-bond acceptors (Lipinski definition) is 3. The zero-order valence-electron chi connectivity index (χ0n) is 11.4. The molecule has 17 heavy (non-hydrogen) atoms. The first-order chi connectivity index (χ1) is 8.00. The normalized spacial score (nSPS) is 33.3. The lowest BCUT2D eigenvalue weighted by atomic mass is 9.71. The minimum Gasteiger partial charge on any atom is -0.380 e. The van der Waals surface area contributed by atoms with Gasteiger partial charge in [-0.1, -0.05) is 20.3 Å². The second-order valence-electron chi connectivity index (χ2n) is 6.29. The van der Waals surface area contributed by atoms with Crippen molar-refractivity contribution in [1.82, 2.24) is 4.90 Å². The van der Waals surface area contributed by atoms with Crippen LogP contribution in [0.25, 0.3) is 0 Å². The number of Topliss-reactive ketones (excluding diaryl/α,β-unsaturated/α-hetero) is 1. The minimum atomic E-state index is -0.101. The molecule has 0 aromatic rings. The van der Waals surface area contributed by atoms with E-state index in [2.05, 4.69) is 25.8 Å². The lowest BCUT2D eigenvalue weighted by Crippen LogP contribution is -2.43. The van der Waals surface area contributed by atoms with Gasteiger partial charge in [0.2, 0.25) is 0 Å². The van der Waals surface area contributed by atoms with E-state index >= 15 is 0 Å². The highest BCUT2D eigenvalue weighted by atomic mass is 16.5. The minimum absolute atomic E-state index is 0.101. The molecule has 0 amide bonds. The SMILES string of the molecule is CN(CC1CCCC(C)(C)C1=O)C1CCOC1. The third-order valence-corrected chi connectivity index (χ3v) is 4.43. The van der Waals surface area contributed by atoms with E-state index in [4.69, 9.17) is 4.74 Å². The van der Waals surface area contributed by atoms with Crippen molar-refractivity contribution < 1.29 is 9.53 Å². The highest BCUT2D eigenvalue weighted by molar-refractivity contribution is 5.87. The van der Waals surface area contributed by atoms with Crippen molar-refractivity contribution in [1.29, 1.82) is 0 Å². The fourth-order valence-electron chi connectivity index (χ4n) is 3.14. The summed E-state index contributed by atoms with van der Waals surface area (Å²) in [5.74, 6) is 0.707. The van der Waals surface area contributed by atoms with Crippen LogP contribution in [-0.2, 0) is 9.53 Å². The Hall–Kier alpha value is -0.410. The number of likely N-dealkylation sites (N-methyl/N-ethyl adjacent to an activating group) is 1. The number of hydrogen-bond donors (Lipinski definition) is 0. The maximum atomic E-state index is 12.3. The van der Waals surface area contributed by atoms with E-state index in [0.29, 0.717) is 11.8 Å². The molecule has 0 N–H and O–H groups in total. The van der Waals surface area contributed by atoms with E-state index in [9.17, 15) is 4.79 Å². The molecule has 2 aliphatic rings. The van der Waals surface area contributed by atoms with Crippen LogP contribution in [0, 0.1) is 11.3 Å². The number of carbonyl (C=O) groups excluding carboxylic acids is 1. The highest BCUT2D eigenvalue weighted by Crippen LogP contribution is 2.35. The van der Waals surface area contributed by atoms with Gasteiger partial charge in [-0.2, -0.15) is 0 Å². The van der Waals surface area contributed by atoms with E-state index in [1.54, 1.807) is 0 Å². The Morgan fingerprint density at radius 2 is 2.18 bits per heavy atom. The van der Waals surface area contributed by atoms with Gasteiger partial charge in [0.15, 0.2) is 0 Å². The van der Waals surface area contributed by atoms with E-state index in [1.165, 1.54) is 6.42 Å². The summed E-state index contributed by atoms with van der Waals surface area (Å²) in [7, 11) is 2.13. The third-order valence-electron chi connectivity index (χ3n) is 4.43. The number of rotatable bonds is 3. The molecular weight excluding hydrogens is 214 g/mol. The van der Waals surface area contributed by atoms with Gasteiger partial charge in [0.05, 0.1) is 6.61 Å². The van der Waals surface area contributed by atoms with E-state index in [0.717, 1.165) is 39.0 Å². The fourth-order valence-corrected chi connectivity index (χ4v) is 3.14. The van der Waals surface area contributed by atoms with Crippen molar-refractivity contribution in [3.05, 3.63) is 0 Å². The molecule has 1 saturated carbocycles. The molecule has 0 radical (unpaired) electrons. The molecular formula is C14H25NO2. The number of carbonyl (C=O) groups is 1. The first-order valence-corrected chi connectivity index (χ1v) is 6.83. The van der Waals surface area contributed by atoms with Crippen LogP contribution in [0.3, 0.4) is 0 Å². The maximum absolute atomic E-state index is 12.3. The molecule has 1 aliphatic heterocycles. The molecule has 0 aromatic carbocycles. The van der Waals surface area contributed by atoms with Crippen molar-refractivity contribution in [3.63, 3.8) is 0 Å². The standard InChI is InChI=1S/C14H25NO2/c1-14(2)7-4-5-11(13(14)16)9-15(3)12-6-8-17-10-12/h11-12H,4-10H2,1-3H3. The topological polar surface area (TPSA) is 29.5 Å². The summed E-state index contributed by atoms with van der Waals surface area (Å²) in [4.78, 5) is 14.7. The summed E-state index contributed by atoms with van der Waals surface area (Å²) in [5, 5.41) is 0. The van der Waals surface area contributed by atoms with Gasteiger partial charge < -0.3 is 9.64 Å². The number of nitrogens with zero attached hydrogens (tertiary/aromatic N) is 1. The average molecular weight is 239 g/mol. The van der Waals surface area contributed by atoms with Gasteiger partial charge in [0.25, 0.3) is 0 Å². The summed E-state index contributed by atoms with van der Waals surface area (Å²) in [6, 6.07) is 0.521. The monoisotopic (exact) mass is 239 g/mol. The highest BCUT2D eigenvalue weighted by Gasteiger charge is 2.38.